The van der Waals surface area contributed by atoms with Crippen LogP contribution in [0.5, 0.6) is 11.5 Å². The number of rotatable bonds is 11. The molecule has 0 radical (unpaired) electrons. The van der Waals surface area contributed by atoms with Crippen LogP contribution in [0, 0.1) is 0 Å². The van der Waals surface area contributed by atoms with E-state index in [9.17, 15) is 13.2 Å². The fourth-order valence-electron chi connectivity index (χ4n) is 3.08. The molecular formula is C24H27F3N4O2. The highest BCUT2D eigenvalue weighted by Gasteiger charge is 2.35. The van der Waals surface area contributed by atoms with Crippen LogP contribution in [0.15, 0.2) is 54.7 Å². The molecule has 176 valence electrons. The van der Waals surface area contributed by atoms with Gasteiger partial charge in [-0.15, -0.1) is 0 Å². The molecule has 0 aliphatic carbocycles. The van der Waals surface area contributed by atoms with Gasteiger partial charge in [-0.25, -0.2) is 4.98 Å². The van der Waals surface area contributed by atoms with Crippen molar-refractivity contribution in [2.75, 3.05) is 24.4 Å². The molecule has 2 N–H and O–H groups in total. The van der Waals surface area contributed by atoms with Gasteiger partial charge in [0.15, 0.2) is 0 Å². The third-order valence-corrected chi connectivity index (χ3v) is 4.84. The zero-order chi connectivity index (χ0) is 23.7. The molecule has 6 nitrogen and oxygen atoms in total. The molecule has 0 atom stereocenters. The van der Waals surface area contributed by atoms with E-state index in [0.717, 1.165) is 31.9 Å². The van der Waals surface area contributed by atoms with Gasteiger partial charge in [0.05, 0.1) is 19.4 Å². The Bertz CT molecular complexity index is 1030. The van der Waals surface area contributed by atoms with Crippen molar-refractivity contribution in [3.05, 3.63) is 60.3 Å². The summed E-state index contributed by atoms with van der Waals surface area (Å²) in [6.45, 7) is 2.61. The van der Waals surface area contributed by atoms with Crippen LogP contribution < -0.4 is 20.1 Å². The molecule has 1 heterocycles. The molecule has 0 saturated heterocycles. The highest BCUT2D eigenvalue weighted by atomic mass is 19.4. The zero-order valence-corrected chi connectivity index (χ0v) is 18.6. The number of nitrogens with one attached hydrogen (secondary N) is 2. The van der Waals surface area contributed by atoms with E-state index in [-0.39, 0.29) is 11.8 Å². The Morgan fingerprint density at radius 2 is 1.70 bits per heavy atom. The molecular weight excluding hydrogens is 433 g/mol. The van der Waals surface area contributed by atoms with Crippen molar-refractivity contribution in [2.45, 2.75) is 38.8 Å². The number of methoxy groups -OCH3 is 1. The van der Waals surface area contributed by atoms with Crippen molar-refractivity contribution >= 4 is 23.1 Å². The number of ether oxygens (including phenoxy) is 2. The van der Waals surface area contributed by atoms with Crippen LogP contribution in [0.4, 0.5) is 36.3 Å². The smallest absolute Gasteiger partial charge is 0.421 e. The van der Waals surface area contributed by atoms with Crippen molar-refractivity contribution in [3.63, 3.8) is 0 Å². The van der Waals surface area contributed by atoms with Gasteiger partial charge in [0.2, 0.25) is 5.95 Å². The number of aromatic nitrogens is 2. The summed E-state index contributed by atoms with van der Waals surface area (Å²) in [7, 11) is 1.55. The predicted octanol–water partition coefficient (Wildman–Crippen LogP) is 6.95. The second-order valence-electron chi connectivity index (χ2n) is 7.34. The first-order chi connectivity index (χ1) is 15.9. The molecule has 3 rings (SSSR count). The molecule has 0 bridgehead atoms. The highest BCUT2D eigenvalue weighted by molar-refractivity contribution is 5.67. The number of nitrogens with zero attached hydrogens (tertiary/aromatic N) is 2. The van der Waals surface area contributed by atoms with E-state index < -0.39 is 11.7 Å². The van der Waals surface area contributed by atoms with E-state index >= 15 is 0 Å². The normalized spacial score (nSPS) is 11.2. The molecule has 3 aromatic rings. The average Bonchev–Trinajstić information content (AvgIpc) is 2.80. The number of halogens is 3. The summed E-state index contributed by atoms with van der Waals surface area (Å²) in [5.74, 6) is 0.775. The molecule has 1 aromatic heterocycles. The van der Waals surface area contributed by atoms with E-state index in [0.29, 0.717) is 29.5 Å². The number of hydrogen-bond acceptors (Lipinski definition) is 6. The Balaban J connectivity index is 1.82. The van der Waals surface area contributed by atoms with Crippen LogP contribution in [0.25, 0.3) is 0 Å². The number of anilines is 4. The number of para-hydroxylation sites is 2. The van der Waals surface area contributed by atoms with Crippen molar-refractivity contribution in [2.24, 2.45) is 0 Å². The Morgan fingerprint density at radius 1 is 0.939 bits per heavy atom. The number of benzene rings is 2. The summed E-state index contributed by atoms with van der Waals surface area (Å²) >= 11 is 0. The lowest BCUT2D eigenvalue weighted by Gasteiger charge is -2.17. The standard InChI is InChI=1S/C24H27F3N4O2/c1-3-4-5-8-15-33-21-10-7-6-9-20(21)30-22-19(24(25,26)27)16-28-23(31-22)29-17-11-13-18(32-2)14-12-17/h6-7,9-14,16H,3-5,8,15H2,1-2H3,(H2,28,29,30,31). The van der Waals surface area contributed by atoms with Gasteiger partial charge < -0.3 is 20.1 Å². The van der Waals surface area contributed by atoms with Crippen LogP contribution in [0.3, 0.4) is 0 Å². The maximum atomic E-state index is 13.6. The van der Waals surface area contributed by atoms with Gasteiger partial charge in [0, 0.05) is 11.9 Å². The Kier molecular flexibility index (Phi) is 8.34. The molecule has 9 heteroatoms. The zero-order valence-electron chi connectivity index (χ0n) is 18.6. The monoisotopic (exact) mass is 460 g/mol. The van der Waals surface area contributed by atoms with Gasteiger partial charge in [-0.1, -0.05) is 38.3 Å². The van der Waals surface area contributed by atoms with E-state index in [4.69, 9.17) is 9.47 Å². The lowest BCUT2D eigenvalue weighted by Crippen LogP contribution is -2.13. The van der Waals surface area contributed by atoms with Crippen molar-refractivity contribution in [3.8, 4) is 11.5 Å². The minimum Gasteiger partial charge on any atom is -0.497 e. The highest BCUT2D eigenvalue weighted by Crippen LogP contribution is 2.37. The first-order valence-corrected chi connectivity index (χ1v) is 10.7. The molecule has 0 aliphatic heterocycles. The van der Waals surface area contributed by atoms with Gasteiger partial charge in [-0.2, -0.15) is 18.2 Å². The second-order valence-corrected chi connectivity index (χ2v) is 7.34. The van der Waals surface area contributed by atoms with Crippen LogP contribution in [-0.4, -0.2) is 23.7 Å². The van der Waals surface area contributed by atoms with Crippen molar-refractivity contribution < 1.29 is 22.6 Å². The van der Waals surface area contributed by atoms with E-state index in [1.54, 1.807) is 55.6 Å². The second kappa shape index (κ2) is 11.4. The topological polar surface area (TPSA) is 68.3 Å². The fourth-order valence-corrected chi connectivity index (χ4v) is 3.08. The summed E-state index contributed by atoms with van der Waals surface area (Å²) in [6, 6.07) is 13.7. The molecule has 33 heavy (non-hydrogen) atoms. The average molecular weight is 461 g/mol. The van der Waals surface area contributed by atoms with Crippen molar-refractivity contribution in [1.82, 2.24) is 9.97 Å². The minimum absolute atomic E-state index is 0.0219. The lowest BCUT2D eigenvalue weighted by atomic mass is 10.2. The lowest BCUT2D eigenvalue weighted by molar-refractivity contribution is -0.137. The molecule has 0 unspecified atom stereocenters. The summed E-state index contributed by atoms with van der Waals surface area (Å²) in [5.41, 5.74) is 0.0328. The summed E-state index contributed by atoms with van der Waals surface area (Å²) in [6.07, 6.45) is 0.268. The molecule has 0 fully saturated rings. The number of unbranched alkanes of at least 4 members (excludes halogenated alkanes) is 3. The Hall–Kier alpha value is -3.49. The van der Waals surface area contributed by atoms with E-state index in [1.165, 1.54) is 0 Å². The maximum absolute atomic E-state index is 13.6. The first kappa shape index (κ1) is 24.2. The van der Waals surface area contributed by atoms with Crippen LogP contribution in [0.1, 0.15) is 38.2 Å². The minimum atomic E-state index is -4.63. The molecule has 0 aliphatic rings. The van der Waals surface area contributed by atoms with Gasteiger partial charge in [0.25, 0.3) is 0 Å². The van der Waals surface area contributed by atoms with Gasteiger partial charge >= 0.3 is 6.18 Å². The summed E-state index contributed by atoms with van der Waals surface area (Å²) in [5, 5.41) is 5.70. The van der Waals surface area contributed by atoms with Crippen molar-refractivity contribution in [1.29, 1.82) is 0 Å². The summed E-state index contributed by atoms with van der Waals surface area (Å²) in [4.78, 5) is 7.94. The van der Waals surface area contributed by atoms with Crippen LogP contribution in [0.2, 0.25) is 0 Å². The summed E-state index contributed by atoms with van der Waals surface area (Å²) < 4.78 is 51.8. The Morgan fingerprint density at radius 3 is 2.39 bits per heavy atom. The van der Waals surface area contributed by atoms with E-state index in [1.807, 2.05) is 0 Å². The van der Waals surface area contributed by atoms with Crippen LogP contribution >= 0.6 is 0 Å². The van der Waals surface area contributed by atoms with E-state index in [2.05, 4.69) is 27.5 Å². The predicted molar refractivity (Wildman–Crippen MR) is 123 cm³/mol. The molecule has 2 aromatic carbocycles. The quantitative estimate of drug-likeness (QED) is 0.302. The third kappa shape index (κ3) is 7.00. The number of hydrogen-bond donors (Lipinski definition) is 2. The fraction of sp³-hybridized carbons (Fsp3) is 0.333. The van der Waals surface area contributed by atoms with Gasteiger partial charge in [0.1, 0.15) is 22.9 Å². The Labute approximate surface area is 191 Å². The van der Waals surface area contributed by atoms with Gasteiger partial charge in [-0.3, -0.25) is 0 Å². The van der Waals surface area contributed by atoms with Gasteiger partial charge in [-0.05, 0) is 42.8 Å². The maximum Gasteiger partial charge on any atom is 0.421 e. The molecule has 0 amide bonds. The first-order valence-electron chi connectivity index (χ1n) is 10.7. The molecule has 0 saturated carbocycles. The largest absolute Gasteiger partial charge is 0.497 e. The number of alkyl halides is 3. The SMILES string of the molecule is CCCCCCOc1ccccc1Nc1nc(Nc2ccc(OC)cc2)ncc1C(F)(F)F. The van der Waals surface area contributed by atoms with Crippen LogP contribution in [-0.2, 0) is 6.18 Å². The molecule has 0 spiro atoms. The third-order valence-electron chi connectivity index (χ3n) is 4.84.